The second-order valence-corrected chi connectivity index (χ2v) is 8.56. The molecule has 2 heterocycles. The van der Waals surface area contributed by atoms with Gasteiger partial charge in [-0.3, -0.25) is 4.99 Å². The number of aromatic nitrogens is 1. The molecule has 1 aromatic carbocycles. The maximum atomic E-state index is 5.70. The lowest BCUT2D eigenvalue weighted by Gasteiger charge is -2.39. The molecular weight excluding hydrogens is 499 g/mol. The minimum Gasteiger partial charge on any atom is -0.496 e. The fourth-order valence-corrected chi connectivity index (χ4v) is 4.38. The zero-order valence-electron chi connectivity index (χ0n) is 17.6. The zero-order valence-corrected chi connectivity index (χ0v) is 20.7. The molecule has 160 valence electrons. The maximum absolute atomic E-state index is 5.70. The highest BCUT2D eigenvalue weighted by Gasteiger charge is 2.37. The van der Waals surface area contributed by atoms with Gasteiger partial charge in [0.1, 0.15) is 10.8 Å². The Morgan fingerprint density at radius 1 is 1.28 bits per heavy atom. The smallest absolute Gasteiger partial charge is 0.191 e. The van der Waals surface area contributed by atoms with Gasteiger partial charge in [0.2, 0.25) is 0 Å². The zero-order chi connectivity index (χ0) is 20.0. The Labute approximate surface area is 194 Å². The van der Waals surface area contributed by atoms with Gasteiger partial charge >= 0.3 is 0 Å². The lowest BCUT2D eigenvalue weighted by Crippen LogP contribution is -2.48. The van der Waals surface area contributed by atoms with Crippen LogP contribution in [0.2, 0.25) is 0 Å². The van der Waals surface area contributed by atoms with Crippen molar-refractivity contribution in [3.63, 3.8) is 0 Å². The summed E-state index contributed by atoms with van der Waals surface area (Å²) in [4.78, 5) is 10.0. The van der Waals surface area contributed by atoms with E-state index >= 15 is 0 Å². The van der Waals surface area contributed by atoms with E-state index in [9.17, 15) is 0 Å². The molecule has 1 aliphatic rings. The number of methoxy groups -OCH3 is 1. The first-order chi connectivity index (χ1) is 13.6. The Kier molecular flexibility index (Phi) is 9.16. The molecule has 0 bridgehead atoms. The summed E-state index contributed by atoms with van der Waals surface area (Å²) in [6.45, 7) is 7.14. The van der Waals surface area contributed by atoms with Gasteiger partial charge in [0.15, 0.2) is 5.96 Å². The summed E-state index contributed by atoms with van der Waals surface area (Å²) in [5, 5.41) is 7.96. The predicted molar refractivity (Wildman–Crippen MR) is 130 cm³/mol. The first kappa shape index (κ1) is 23.9. The number of nitrogens with zero attached hydrogens (tertiary/aromatic N) is 2. The van der Waals surface area contributed by atoms with Gasteiger partial charge in [0.05, 0.1) is 13.7 Å². The highest BCUT2D eigenvalue weighted by atomic mass is 127. The molecule has 0 spiro atoms. The first-order valence-electron chi connectivity index (χ1n) is 9.65. The number of nitrogens with one attached hydrogen (secondary N) is 2. The summed E-state index contributed by atoms with van der Waals surface area (Å²) in [6, 6.07) is 6.42. The van der Waals surface area contributed by atoms with E-state index in [-0.39, 0.29) is 29.4 Å². The Balaban J connectivity index is 0.00000300. The second kappa shape index (κ2) is 11.1. The molecule has 1 aliphatic heterocycles. The molecule has 2 aromatic rings. The number of aliphatic imine (C=N–C) groups is 1. The number of rotatable bonds is 6. The van der Waals surface area contributed by atoms with Crippen molar-refractivity contribution in [3.8, 4) is 5.75 Å². The molecule has 29 heavy (non-hydrogen) atoms. The van der Waals surface area contributed by atoms with Crippen molar-refractivity contribution in [1.29, 1.82) is 0 Å². The first-order valence-corrected chi connectivity index (χ1v) is 10.5. The van der Waals surface area contributed by atoms with Gasteiger partial charge in [0, 0.05) is 48.9 Å². The van der Waals surface area contributed by atoms with Crippen molar-refractivity contribution in [2.24, 2.45) is 4.99 Å². The molecule has 0 atom stereocenters. The molecule has 0 saturated carbocycles. The molecule has 0 aliphatic carbocycles. The number of thiazole rings is 1. The third-order valence-corrected chi connectivity index (χ3v) is 6.18. The van der Waals surface area contributed by atoms with E-state index in [0.717, 1.165) is 49.3 Å². The number of guanidine groups is 1. The van der Waals surface area contributed by atoms with Crippen LogP contribution < -0.4 is 15.4 Å². The van der Waals surface area contributed by atoms with Crippen LogP contribution in [0.4, 0.5) is 0 Å². The number of halogens is 1. The lowest BCUT2D eigenvalue weighted by molar-refractivity contribution is 0.0505. The number of hydrogen-bond donors (Lipinski definition) is 2. The van der Waals surface area contributed by atoms with E-state index in [2.05, 4.69) is 52.7 Å². The Hall–Kier alpha value is -1.39. The van der Waals surface area contributed by atoms with Gasteiger partial charge in [0.25, 0.3) is 0 Å². The van der Waals surface area contributed by atoms with Gasteiger partial charge in [-0.1, -0.05) is 17.7 Å². The van der Waals surface area contributed by atoms with Gasteiger partial charge in [-0.15, -0.1) is 35.3 Å². The van der Waals surface area contributed by atoms with Gasteiger partial charge in [-0.2, -0.15) is 0 Å². The van der Waals surface area contributed by atoms with Crippen LogP contribution in [-0.2, 0) is 16.7 Å². The quantitative estimate of drug-likeness (QED) is 0.338. The van der Waals surface area contributed by atoms with Crippen LogP contribution in [0, 0.1) is 13.8 Å². The van der Waals surface area contributed by atoms with E-state index in [4.69, 9.17) is 9.47 Å². The number of hydrogen-bond acceptors (Lipinski definition) is 5. The van der Waals surface area contributed by atoms with Gasteiger partial charge in [-0.05, 0) is 32.8 Å². The van der Waals surface area contributed by atoms with Crippen LogP contribution in [0.15, 0.2) is 29.4 Å². The van der Waals surface area contributed by atoms with Crippen LogP contribution >= 0.6 is 35.3 Å². The molecular formula is C21H31IN4O2S. The third-order valence-electron chi connectivity index (χ3n) is 5.27. The minimum absolute atomic E-state index is 0. The molecule has 0 unspecified atom stereocenters. The van der Waals surface area contributed by atoms with Crippen LogP contribution in [0.3, 0.4) is 0 Å². The van der Waals surface area contributed by atoms with Crippen molar-refractivity contribution >= 4 is 41.3 Å². The average molecular weight is 530 g/mol. The molecule has 1 fully saturated rings. The fraction of sp³-hybridized carbons (Fsp3) is 0.524. The monoisotopic (exact) mass is 530 g/mol. The maximum Gasteiger partial charge on any atom is 0.191 e. The van der Waals surface area contributed by atoms with Crippen molar-refractivity contribution < 1.29 is 9.47 Å². The normalized spacial score (nSPS) is 16.1. The molecule has 6 nitrogen and oxygen atoms in total. The predicted octanol–water partition coefficient (Wildman–Crippen LogP) is 3.80. The topological polar surface area (TPSA) is 67.8 Å². The summed E-state index contributed by atoms with van der Waals surface area (Å²) in [7, 11) is 3.54. The summed E-state index contributed by atoms with van der Waals surface area (Å²) in [5.41, 5.74) is 2.44. The SMILES string of the molecule is CN=C(NCc1ncc(C)s1)NCC1(c2cc(C)ccc2OC)CCOCC1.I. The second-order valence-electron chi connectivity index (χ2n) is 7.24. The Morgan fingerprint density at radius 2 is 2.03 bits per heavy atom. The van der Waals surface area contributed by atoms with Crippen LogP contribution in [-0.4, -0.2) is 44.9 Å². The Bertz CT molecular complexity index is 819. The van der Waals surface area contributed by atoms with Crippen molar-refractivity contribution in [2.75, 3.05) is 33.9 Å². The number of benzene rings is 1. The largest absolute Gasteiger partial charge is 0.496 e. The van der Waals surface area contributed by atoms with Crippen molar-refractivity contribution in [2.45, 2.75) is 38.6 Å². The van der Waals surface area contributed by atoms with Gasteiger partial charge in [-0.25, -0.2) is 4.98 Å². The highest BCUT2D eigenvalue weighted by molar-refractivity contribution is 14.0. The van der Waals surface area contributed by atoms with Gasteiger partial charge < -0.3 is 20.1 Å². The average Bonchev–Trinajstić information content (AvgIpc) is 3.14. The van der Waals surface area contributed by atoms with Crippen LogP contribution in [0.1, 0.15) is 33.9 Å². The van der Waals surface area contributed by atoms with Crippen molar-refractivity contribution in [3.05, 3.63) is 45.4 Å². The number of ether oxygens (including phenoxy) is 2. The summed E-state index contributed by atoms with van der Waals surface area (Å²) < 4.78 is 11.4. The number of aryl methyl sites for hydroxylation is 2. The van der Waals surface area contributed by atoms with E-state index in [0.29, 0.717) is 6.54 Å². The molecule has 8 heteroatoms. The van der Waals surface area contributed by atoms with E-state index < -0.39 is 0 Å². The van der Waals surface area contributed by atoms with Crippen molar-refractivity contribution in [1.82, 2.24) is 15.6 Å². The van der Waals surface area contributed by atoms with E-state index in [1.807, 2.05) is 6.20 Å². The molecule has 1 saturated heterocycles. The molecule has 1 aromatic heterocycles. The van der Waals surface area contributed by atoms with E-state index in [1.165, 1.54) is 16.0 Å². The lowest BCUT2D eigenvalue weighted by atomic mass is 9.73. The fourth-order valence-electron chi connectivity index (χ4n) is 3.66. The third kappa shape index (κ3) is 6.05. The Morgan fingerprint density at radius 3 is 2.66 bits per heavy atom. The van der Waals surface area contributed by atoms with E-state index in [1.54, 1.807) is 25.5 Å². The summed E-state index contributed by atoms with van der Waals surface area (Å²) in [6.07, 6.45) is 3.80. The highest BCUT2D eigenvalue weighted by Crippen LogP contribution is 2.40. The van der Waals surface area contributed by atoms with Crippen LogP contribution in [0.25, 0.3) is 0 Å². The molecule has 2 N–H and O–H groups in total. The summed E-state index contributed by atoms with van der Waals surface area (Å²) in [5.74, 6) is 1.72. The molecule has 0 amide bonds. The molecule has 0 radical (unpaired) electrons. The minimum atomic E-state index is -0.0506. The summed E-state index contributed by atoms with van der Waals surface area (Å²) >= 11 is 1.70. The standard InChI is InChI=1S/C21H30N4O2S.HI/c1-15-5-6-18(26-4)17(11-15)21(7-9-27-10-8-21)14-25-20(22-3)24-13-19-23-12-16(2)28-19;/h5-6,11-12H,7-10,13-14H2,1-4H3,(H2,22,24,25);1H. The molecule has 3 rings (SSSR count). The van der Waals surface area contributed by atoms with Crippen LogP contribution in [0.5, 0.6) is 5.75 Å².